The lowest BCUT2D eigenvalue weighted by molar-refractivity contribution is -0.150. The number of nitrogens with zero attached hydrogens (tertiary/aromatic N) is 1. The zero-order chi connectivity index (χ0) is 20.3. The fourth-order valence-electron chi connectivity index (χ4n) is 2.90. The molecule has 148 valence electrons. The highest BCUT2D eigenvalue weighted by Crippen LogP contribution is 2.29. The second-order valence-corrected chi connectivity index (χ2v) is 7.35. The average molecular weight is 401 g/mol. The Labute approximate surface area is 167 Å². The highest BCUT2D eigenvalue weighted by atomic mass is 32.1. The number of esters is 1. The van der Waals surface area contributed by atoms with Crippen LogP contribution in [0.1, 0.15) is 38.4 Å². The molecule has 0 aliphatic rings. The van der Waals surface area contributed by atoms with Crippen LogP contribution in [0.15, 0.2) is 33.0 Å². The molecule has 3 aromatic rings. The predicted octanol–water partition coefficient (Wildman–Crippen LogP) is 4.51. The molecule has 2 aromatic heterocycles. The molecule has 0 aliphatic heterocycles. The van der Waals surface area contributed by atoms with Crippen molar-refractivity contribution in [3.8, 4) is 16.3 Å². The number of hydrogen-bond donors (Lipinski definition) is 0. The number of hydrogen-bond acceptors (Lipinski definition) is 7. The van der Waals surface area contributed by atoms with E-state index in [9.17, 15) is 9.59 Å². The Hall–Kier alpha value is -2.67. The molecule has 28 heavy (non-hydrogen) atoms. The Morgan fingerprint density at radius 3 is 2.75 bits per heavy atom. The number of rotatable bonds is 7. The number of fused-ring (bicyclic) bond motifs is 1. The van der Waals surface area contributed by atoms with E-state index in [0.29, 0.717) is 40.3 Å². The molecule has 0 spiro atoms. The summed E-state index contributed by atoms with van der Waals surface area (Å²) in [5.41, 5.74) is 2.45. The summed E-state index contributed by atoms with van der Waals surface area (Å²) >= 11 is 1.41. The van der Waals surface area contributed by atoms with E-state index in [1.165, 1.54) is 17.6 Å². The smallest absolute Gasteiger partial charge is 0.347 e. The van der Waals surface area contributed by atoms with E-state index in [2.05, 4.69) is 4.98 Å². The summed E-state index contributed by atoms with van der Waals surface area (Å²) in [4.78, 5) is 29.3. The van der Waals surface area contributed by atoms with Crippen molar-refractivity contribution < 1.29 is 18.7 Å². The van der Waals surface area contributed by atoms with Gasteiger partial charge in [-0.25, -0.2) is 9.78 Å². The number of thiazole rings is 1. The van der Waals surface area contributed by atoms with Gasteiger partial charge in [0.05, 0.1) is 17.6 Å². The number of carbonyl (C=O) groups excluding carboxylic acids is 1. The molecular weight excluding hydrogens is 378 g/mol. The lowest BCUT2D eigenvalue weighted by atomic mass is 10.0. The van der Waals surface area contributed by atoms with Crippen LogP contribution >= 0.6 is 11.3 Å². The third-order valence-corrected chi connectivity index (χ3v) is 5.24. The Bertz CT molecular complexity index is 1050. The third kappa shape index (κ3) is 4.09. The Kier molecular flexibility index (Phi) is 6.14. The molecule has 0 aliphatic carbocycles. The van der Waals surface area contributed by atoms with Crippen molar-refractivity contribution in [2.75, 3.05) is 6.61 Å². The molecule has 0 unspecified atom stereocenters. The number of benzene rings is 1. The first kappa shape index (κ1) is 20.1. The van der Waals surface area contributed by atoms with Crippen molar-refractivity contribution in [3.63, 3.8) is 0 Å². The summed E-state index contributed by atoms with van der Waals surface area (Å²) in [6.07, 6.45) is 2.26. The van der Waals surface area contributed by atoms with E-state index in [4.69, 9.17) is 13.9 Å². The summed E-state index contributed by atoms with van der Waals surface area (Å²) < 4.78 is 16.6. The van der Waals surface area contributed by atoms with Gasteiger partial charge in [0.1, 0.15) is 22.6 Å². The molecule has 0 N–H and O–H groups in total. The zero-order valence-corrected chi connectivity index (χ0v) is 17.2. The van der Waals surface area contributed by atoms with Crippen LogP contribution in [0.2, 0.25) is 0 Å². The minimum atomic E-state index is -0.753. The zero-order valence-electron chi connectivity index (χ0n) is 16.4. The maximum absolute atomic E-state index is 13.0. The average Bonchev–Trinajstić information content (AvgIpc) is 3.09. The van der Waals surface area contributed by atoms with Gasteiger partial charge in [0, 0.05) is 17.1 Å². The van der Waals surface area contributed by atoms with Gasteiger partial charge in [-0.2, -0.15) is 0 Å². The quantitative estimate of drug-likeness (QED) is 0.542. The maximum atomic E-state index is 13.0. The molecule has 2 heterocycles. The van der Waals surface area contributed by atoms with Crippen LogP contribution in [0, 0.1) is 6.92 Å². The number of carbonyl (C=O) groups is 1. The molecule has 7 heteroatoms. The van der Waals surface area contributed by atoms with Crippen molar-refractivity contribution in [2.24, 2.45) is 0 Å². The molecule has 0 saturated carbocycles. The molecule has 1 atom stereocenters. The van der Waals surface area contributed by atoms with Crippen molar-refractivity contribution in [1.29, 1.82) is 0 Å². The predicted molar refractivity (Wildman–Crippen MR) is 109 cm³/mol. The van der Waals surface area contributed by atoms with Gasteiger partial charge in [-0.1, -0.05) is 13.3 Å². The fraction of sp³-hybridized carbons (Fsp3) is 0.381. The summed E-state index contributed by atoms with van der Waals surface area (Å²) in [6.45, 7) is 7.61. The van der Waals surface area contributed by atoms with Crippen LogP contribution in [0.4, 0.5) is 0 Å². The largest absolute Gasteiger partial charge is 0.479 e. The highest BCUT2D eigenvalue weighted by molar-refractivity contribution is 7.13. The van der Waals surface area contributed by atoms with Gasteiger partial charge in [0.25, 0.3) is 0 Å². The van der Waals surface area contributed by atoms with E-state index in [1.54, 1.807) is 26.0 Å². The van der Waals surface area contributed by atoms with Crippen molar-refractivity contribution in [1.82, 2.24) is 4.98 Å². The lowest BCUT2D eigenvalue weighted by Gasteiger charge is -2.17. The second-order valence-electron chi connectivity index (χ2n) is 6.49. The molecule has 1 aromatic carbocycles. The number of aryl methyl sites for hydroxylation is 2. The standard InChI is InChI=1S/C21H23NO5S/c1-5-7-14-8-15-18(9-17(14)27-13(4)21(24)25-6-2)26-10-16(19(15)23)20-22-12(3)11-28-20/h8-11,13H,5-7H2,1-4H3/t13-/m1/s1. The van der Waals surface area contributed by atoms with Crippen molar-refractivity contribution in [3.05, 3.63) is 45.3 Å². The van der Waals surface area contributed by atoms with Crippen LogP contribution in [0.3, 0.4) is 0 Å². The topological polar surface area (TPSA) is 78.6 Å². The normalized spacial score (nSPS) is 12.1. The molecular formula is C21H23NO5S. The Morgan fingerprint density at radius 2 is 2.11 bits per heavy atom. The second kappa shape index (κ2) is 8.56. The van der Waals surface area contributed by atoms with Gasteiger partial charge in [0.15, 0.2) is 6.10 Å². The summed E-state index contributed by atoms with van der Waals surface area (Å²) in [6, 6.07) is 3.47. The molecule has 0 bridgehead atoms. The third-order valence-electron chi connectivity index (χ3n) is 4.25. The summed E-state index contributed by atoms with van der Waals surface area (Å²) in [5.74, 6) is 0.0943. The van der Waals surface area contributed by atoms with Crippen LogP contribution in [-0.2, 0) is 16.0 Å². The molecule has 0 radical (unpaired) electrons. The molecule has 0 amide bonds. The molecule has 3 rings (SSSR count). The van der Waals surface area contributed by atoms with Gasteiger partial charge in [-0.3, -0.25) is 4.79 Å². The molecule has 0 saturated heterocycles. The molecule has 0 fully saturated rings. The van der Waals surface area contributed by atoms with Crippen LogP contribution < -0.4 is 10.2 Å². The first-order chi connectivity index (χ1) is 13.4. The maximum Gasteiger partial charge on any atom is 0.347 e. The first-order valence-electron chi connectivity index (χ1n) is 9.28. The fourth-order valence-corrected chi connectivity index (χ4v) is 3.70. The minimum Gasteiger partial charge on any atom is -0.479 e. The van der Waals surface area contributed by atoms with Gasteiger partial charge in [-0.15, -0.1) is 11.3 Å². The van der Waals surface area contributed by atoms with Crippen molar-refractivity contribution in [2.45, 2.75) is 46.6 Å². The SMILES string of the molecule is CCCc1cc2c(=O)c(-c3nc(C)cs3)coc2cc1O[C@H](C)C(=O)OCC. The van der Waals surface area contributed by atoms with E-state index in [0.717, 1.165) is 17.7 Å². The van der Waals surface area contributed by atoms with E-state index in [1.807, 2.05) is 19.2 Å². The number of aromatic nitrogens is 1. The monoisotopic (exact) mass is 401 g/mol. The highest BCUT2D eigenvalue weighted by Gasteiger charge is 2.20. The Morgan fingerprint density at radius 1 is 1.32 bits per heavy atom. The van der Waals surface area contributed by atoms with Crippen LogP contribution in [0.25, 0.3) is 21.5 Å². The van der Waals surface area contributed by atoms with E-state index >= 15 is 0 Å². The first-order valence-corrected chi connectivity index (χ1v) is 10.2. The van der Waals surface area contributed by atoms with Crippen LogP contribution in [0.5, 0.6) is 5.75 Å². The van der Waals surface area contributed by atoms with Gasteiger partial charge in [0.2, 0.25) is 5.43 Å². The van der Waals surface area contributed by atoms with Gasteiger partial charge < -0.3 is 13.9 Å². The van der Waals surface area contributed by atoms with Crippen molar-refractivity contribution >= 4 is 28.3 Å². The van der Waals surface area contributed by atoms with E-state index in [-0.39, 0.29) is 5.43 Å². The molecule has 6 nitrogen and oxygen atoms in total. The van der Waals surface area contributed by atoms with Crippen LogP contribution in [-0.4, -0.2) is 23.7 Å². The van der Waals surface area contributed by atoms with Gasteiger partial charge in [-0.05, 0) is 38.8 Å². The van der Waals surface area contributed by atoms with E-state index < -0.39 is 12.1 Å². The van der Waals surface area contributed by atoms with Gasteiger partial charge >= 0.3 is 5.97 Å². The lowest BCUT2D eigenvalue weighted by Crippen LogP contribution is -2.26. The summed E-state index contributed by atoms with van der Waals surface area (Å²) in [7, 11) is 0. The summed E-state index contributed by atoms with van der Waals surface area (Å²) in [5, 5.41) is 3.02. The Balaban J connectivity index is 2.05. The minimum absolute atomic E-state index is 0.127. The number of ether oxygens (including phenoxy) is 2.